The number of carbonyl (C=O) groups is 2. The van der Waals surface area contributed by atoms with Gasteiger partial charge in [-0.3, -0.25) is 0 Å². The van der Waals surface area contributed by atoms with Crippen molar-refractivity contribution in [3.63, 3.8) is 0 Å². The molecule has 0 saturated carbocycles. The standard InChI is InChI=1S/C17H22BrNO4/c1-17(2,3)23-16(21)19-14(15(20)22-4)7-5-6-12-8-10-13(18)11-9-12/h5-6,8-11,14H,7H2,1-4H3,(H,19,21)/b6-5+. The summed E-state index contributed by atoms with van der Waals surface area (Å²) in [5, 5.41) is 2.53. The highest BCUT2D eigenvalue weighted by molar-refractivity contribution is 9.10. The highest BCUT2D eigenvalue weighted by atomic mass is 79.9. The summed E-state index contributed by atoms with van der Waals surface area (Å²) in [7, 11) is 1.28. The van der Waals surface area contributed by atoms with Crippen LogP contribution in [0, 0.1) is 0 Å². The van der Waals surface area contributed by atoms with E-state index in [9.17, 15) is 9.59 Å². The first-order valence-electron chi connectivity index (χ1n) is 7.21. The molecule has 0 bridgehead atoms. The van der Waals surface area contributed by atoms with Gasteiger partial charge < -0.3 is 14.8 Å². The van der Waals surface area contributed by atoms with Crippen LogP contribution in [0.1, 0.15) is 32.8 Å². The molecule has 1 rings (SSSR count). The fraction of sp³-hybridized carbons (Fsp3) is 0.412. The smallest absolute Gasteiger partial charge is 0.408 e. The minimum Gasteiger partial charge on any atom is -0.467 e. The maximum atomic E-state index is 11.8. The fourth-order valence-electron chi connectivity index (χ4n) is 1.72. The van der Waals surface area contributed by atoms with Gasteiger partial charge in [-0.1, -0.05) is 40.2 Å². The van der Waals surface area contributed by atoms with Crippen LogP contribution in [0.5, 0.6) is 0 Å². The Hall–Kier alpha value is -1.82. The zero-order valence-electron chi connectivity index (χ0n) is 13.8. The van der Waals surface area contributed by atoms with Crippen molar-refractivity contribution in [1.29, 1.82) is 0 Å². The number of nitrogens with one attached hydrogen (secondary N) is 1. The number of carbonyl (C=O) groups excluding carboxylic acids is 2. The average molecular weight is 384 g/mol. The fourth-order valence-corrected chi connectivity index (χ4v) is 1.98. The van der Waals surface area contributed by atoms with Crippen LogP contribution in [-0.4, -0.2) is 30.8 Å². The van der Waals surface area contributed by atoms with E-state index in [0.29, 0.717) is 6.42 Å². The first-order valence-corrected chi connectivity index (χ1v) is 8.00. The lowest BCUT2D eigenvalue weighted by Gasteiger charge is -2.22. The van der Waals surface area contributed by atoms with E-state index >= 15 is 0 Å². The third-order valence-electron chi connectivity index (χ3n) is 2.73. The van der Waals surface area contributed by atoms with Gasteiger partial charge in [-0.2, -0.15) is 0 Å². The Morgan fingerprint density at radius 1 is 1.26 bits per heavy atom. The highest BCUT2D eigenvalue weighted by Crippen LogP contribution is 2.12. The van der Waals surface area contributed by atoms with Gasteiger partial charge in [-0.25, -0.2) is 9.59 Å². The maximum Gasteiger partial charge on any atom is 0.408 e. The van der Waals surface area contributed by atoms with E-state index in [1.54, 1.807) is 20.8 Å². The molecule has 0 aliphatic heterocycles. The third kappa shape index (κ3) is 7.83. The lowest BCUT2D eigenvalue weighted by atomic mass is 10.1. The molecule has 1 atom stereocenters. The Kier molecular flexibility index (Phi) is 7.29. The predicted octanol–water partition coefficient (Wildman–Crippen LogP) is 3.92. The Morgan fingerprint density at radius 2 is 1.87 bits per heavy atom. The van der Waals surface area contributed by atoms with Crippen LogP contribution >= 0.6 is 15.9 Å². The summed E-state index contributed by atoms with van der Waals surface area (Å²) in [5.41, 5.74) is 0.368. The molecule has 0 spiro atoms. The first-order chi connectivity index (χ1) is 10.7. The lowest BCUT2D eigenvalue weighted by Crippen LogP contribution is -2.43. The number of hydrogen-bond donors (Lipinski definition) is 1. The van der Waals surface area contributed by atoms with Gasteiger partial charge in [0.15, 0.2) is 0 Å². The van der Waals surface area contributed by atoms with Crippen molar-refractivity contribution >= 4 is 34.1 Å². The van der Waals surface area contributed by atoms with Crippen molar-refractivity contribution in [3.8, 4) is 0 Å². The number of amides is 1. The molecular weight excluding hydrogens is 362 g/mol. The molecular formula is C17H22BrNO4. The number of rotatable bonds is 5. The van der Waals surface area contributed by atoms with Crippen molar-refractivity contribution in [2.24, 2.45) is 0 Å². The number of ether oxygens (including phenoxy) is 2. The highest BCUT2D eigenvalue weighted by Gasteiger charge is 2.23. The lowest BCUT2D eigenvalue weighted by molar-refractivity contribution is -0.143. The number of benzene rings is 1. The van der Waals surface area contributed by atoms with E-state index in [0.717, 1.165) is 10.0 Å². The normalized spacial score (nSPS) is 12.7. The molecule has 0 saturated heterocycles. The summed E-state index contributed by atoms with van der Waals surface area (Å²) in [6, 6.07) is 6.94. The maximum absolute atomic E-state index is 11.8. The van der Waals surface area contributed by atoms with Crippen molar-refractivity contribution in [1.82, 2.24) is 5.32 Å². The largest absolute Gasteiger partial charge is 0.467 e. The zero-order valence-corrected chi connectivity index (χ0v) is 15.3. The topological polar surface area (TPSA) is 64.6 Å². The Balaban J connectivity index is 2.66. The molecule has 5 nitrogen and oxygen atoms in total. The monoisotopic (exact) mass is 383 g/mol. The van der Waals surface area contributed by atoms with Gasteiger partial charge in [0, 0.05) is 4.47 Å². The second kappa shape index (κ2) is 8.72. The molecule has 1 N–H and O–H groups in total. The van der Waals surface area contributed by atoms with Gasteiger partial charge in [0.05, 0.1) is 7.11 Å². The summed E-state index contributed by atoms with van der Waals surface area (Å²) in [4.78, 5) is 23.6. The van der Waals surface area contributed by atoms with Crippen molar-refractivity contribution in [2.75, 3.05) is 7.11 Å². The summed E-state index contributed by atoms with van der Waals surface area (Å²) in [6.45, 7) is 5.27. The van der Waals surface area contributed by atoms with Gasteiger partial charge >= 0.3 is 12.1 Å². The number of esters is 1. The second-order valence-corrected chi connectivity index (χ2v) is 6.83. The summed E-state index contributed by atoms with van der Waals surface area (Å²) >= 11 is 3.37. The number of halogens is 1. The van der Waals surface area contributed by atoms with Crippen LogP contribution in [0.4, 0.5) is 4.79 Å². The number of hydrogen-bond acceptors (Lipinski definition) is 4. The molecule has 1 aromatic carbocycles. The van der Waals surface area contributed by atoms with E-state index in [2.05, 4.69) is 21.2 Å². The second-order valence-electron chi connectivity index (χ2n) is 5.91. The van der Waals surface area contributed by atoms with Gasteiger partial charge in [0.1, 0.15) is 11.6 Å². The summed E-state index contributed by atoms with van der Waals surface area (Å²) in [6.07, 6.45) is 3.34. The van der Waals surface area contributed by atoms with E-state index in [1.807, 2.05) is 36.4 Å². The molecule has 0 fully saturated rings. The van der Waals surface area contributed by atoms with Gasteiger partial charge in [0.2, 0.25) is 0 Å². The molecule has 0 aliphatic rings. The molecule has 1 aromatic rings. The van der Waals surface area contributed by atoms with Crippen LogP contribution in [0.3, 0.4) is 0 Å². The molecule has 0 heterocycles. The van der Waals surface area contributed by atoms with E-state index in [-0.39, 0.29) is 0 Å². The Labute approximate surface area is 145 Å². The summed E-state index contributed by atoms with van der Waals surface area (Å²) in [5.74, 6) is -0.517. The quantitative estimate of drug-likeness (QED) is 0.782. The first kappa shape index (κ1) is 19.2. The van der Waals surface area contributed by atoms with Crippen LogP contribution in [0.25, 0.3) is 6.08 Å². The Bertz CT molecular complexity index is 561. The predicted molar refractivity (Wildman–Crippen MR) is 93.0 cm³/mol. The molecule has 6 heteroatoms. The van der Waals surface area contributed by atoms with Crippen LogP contribution in [0.2, 0.25) is 0 Å². The van der Waals surface area contributed by atoms with Gasteiger partial charge in [-0.15, -0.1) is 0 Å². The van der Waals surface area contributed by atoms with Gasteiger partial charge in [0.25, 0.3) is 0 Å². The Morgan fingerprint density at radius 3 is 2.39 bits per heavy atom. The minimum absolute atomic E-state index is 0.308. The number of methoxy groups -OCH3 is 1. The average Bonchev–Trinajstić information content (AvgIpc) is 2.45. The zero-order chi connectivity index (χ0) is 17.5. The molecule has 0 aromatic heterocycles. The van der Waals surface area contributed by atoms with Gasteiger partial charge in [-0.05, 0) is 44.9 Å². The molecule has 126 valence electrons. The molecule has 1 unspecified atom stereocenters. The summed E-state index contributed by atoms with van der Waals surface area (Å²) < 4.78 is 10.9. The molecule has 1 amide bonds. The van der Waals surface area contributed by atoms with Crippen molar-refractivity contribution < 1.29 is 19.1 Å². The molecule has 23 heavy (non-hydrogen) atoms. The molecule has 0 radical (unpaired) electrons. The van der Waals surface area contributed by atoms with Crippen LogP contribution in [-0.2, 0) is 14.3 Å². The molecule has 0 aliphatic carbocycles. The van der Waals surface area contributed by atoms with Crippen LogP contribution < -0.4 is 5.32 Å². The van der Waals surface area contributed by atoms with E-state index < -0.39 is 23.7 Å². The van der Waals surface area contributed by atoms with E-state index in [1.165, 1.54) is 7.11 Å². The van der Waals surface area contributed by atoms with Crippen molar-refractivity contribution in [3.05, 3.63) is 40.4 Å². The SMILES string of the molecule is COC(=O)C(C/C=C/c1ccc(Br)cc1)NC(=O)OC(C)(C)C. The van der Waals surface area contributed by atoms with E-state index in [4.69, 9.17) is 9.47 Å². The third-order valence-corrected chi connectivity index (χ3v) is 3.26. The number of alkyl carbamates (subject to hydrolysis) is 1. The van der Waals surface area contributed by atoms with Crippen LogP contribution in [0.15, 0.2) is 34.8 Å². The van der Waals surface area contributed by atoms with Crippen molar-refractivity contribution in [2.45, 2.75) is 38.8 Å². The minimum atomic E-state index is -0.790.